The van der Waals surface area contributed by atoms with Crippen LogP contribution in [0.4, 0.5) is 5.69 Å². The highest BCUT2D eigenvalue weighted by molar-refractivity contribution is 6.05. The van der Waals surface area contributed by atoms with Gasteiger partial charge in [0.05, 0.1) is 0 Å². The van der Waals surface area contributed by atoms with E-state index in [1.54, 1.807) is 6.20 Å². The molecule has 0 unspecified atom stereocenters. The third-order valence-corrected chi connectivity index (χ3v) is 1.69. The highest BCUT2D eigenvalue weighted by Crippen LogP contribution is 2.17. The monoisotopic (exact) mass is 170 g/mol. The zero-order valence-corrected chi connectivity index (χ0v) is 6.88. The molecule has 0 bridgehead atoms. The summed E-state index contributed by atoms with van der Waals surface area (Å²) in [5.41, 5.74) is 7.95. The van der Waals surface area contributed by atoms with Crippen LogP contribution in [0, 0.1) is 0 Å². The standard InChI is InChI=1S/C8H7BN4/c9-13-5-8(11-12-13)6-2-1-3-7(10)4-6/h1-5H,10H2. The topological polar surface area (TPSA) is 56.7 Å². The molecule has 0 aliphatic heterocycles. The van der Waals surface area contributed by atoms with E-state index < -0.39 is 0 Å². The number of nitrogens with two attached hydrogens (primary N) is 1. The lowest BCUT2D eigenvalue weighted by atomic mass is 10.1. The highest BCUT2D eigenvalue weighted by atomic mass is 15.4. The van der Waals surface area contributed by atoms with Crippen molar-refractivity contribution in [3.8, 4) is 11.3 Å². The Kier molecular flexibility index (Phi) is 1.77. The van der Waals surface area contributed by atoms with Crippen molar-refractivity contribution in [1.29, 1.82) is 0 Å². The van der Waals surface area contributed by atoms with Crippen molar-refractivity contribution in [1.82, 2.24) is 14.9 Å². The average molecular weight is 170 g/mol. The molecule has 0 spiro atoms. The van der Waals surface area contributed by atoms with Crippen molar-refractivity contribution in [3.63, 3.8) is 0 Å². The number of hydrogen-bond donors (Lipinski definition) is 1. The predicted molar refractivity (Wildman–Crippen MR) is 51.0 cm³/mol. The third-order valence-electron chi connectivity index (χ3n) is 1.69. The molecule has 1 aromatic heterocycles. The Hall–Kier alpha value is -1.78. The summed E-state index contributed by atoms with van der Waals surface area (Å²) in [4.78, 5) is 0. The molecule has 4 nitrogen and oxygen atoms in total. The van der Waals surface area contributed by atoms with Crippen LogP contribution >= 0.6 is 0 Å². The van der Waals surface area contributed by atoms with Crippen molar-refractivity contribution < 1.29 is 0 Å². The molecule has 1 aromatic carbocycles. The molecule has 0 aliphatic carbocycles. The molecular weight excluding hydrogens is 163 g/mol. The Balaban J connectivity index is 2.46. The Morgan fingerprint density at radius 3 is 2.85 bits per heavy atom. The van der Waals surface area contributed by atoms with Gasteiger partial charge in [0.1, 0.15) is 5.69 Å². The quantitative estimate of drug-likeness (QED) is 0.499. The zero-order valence-electron chi connectivity index (χ0n) is 6.88. The molecule has 0 saturated carbocycles. The summed E-state index contributed by atoms with van der Waals surface area (Å²) >= 11 is 0. The molecule has 0 atom stereocenters. The van der Waals surface area contributed by atoms with Gasteiger partial charge in [-0.25, -0.2) is 0 Å². The van der Waals surface area contributed by atoms with E-state index in [4.69, 9.17) is 13.7 Å². The van der Waals surface area contributed by atoms with Crippen LogP contribution in [0.25, 0.3) is 11.3 Å². The van der Waals surface area contributed by atoms with E-state index in [2.05, 4.69) is 10.3 Å². The first-order chi connectivity index (χ1) is 6.25. The Labute approximate surface area is 76.8 Å². The van der Waals surface area contributed by atoms with Gasteiger partial charge in [0.25, 0.3) is 7.98 Å². The first-order valence-electron chi connectivity index (χ1n) is 3.79. The average Bonchev–Trinajstić information content (AvgIpc) is 2.52. The number of aromatic nitrogens is 3. The van der Waals surface area contributed by atoms with E-state index >= 15 is 0 Å². The van der Waals surface area contributed by atoms with Crippen LogP contribution in [0.3, 0.4) is 0 Å². The number of benzene rings is 1. The molecule has 13 heavy (non-hydrogen) atoms. The van der Waals surface area contributed by atoms with E-state index in [-0.39, 0.29) is 0 Å². The molecule has 2 rings (SSSR count). The number of nitrogens with zero attached hydrogens (tertiary/aromatic N) is 3. The first-order valence-corrected chi connectivity index (χ1v) is 3.79. The van der Waals surface area contributed by atoms with Gasteiger partial charge in [-0.2, -0.15) is 0 Å². The van der Waals surface area contributed by atoms with Gasteiger partial charge in [0.2, 0.25) is 0 Å². The van der Waals surface area contributed by atoms with E-state index in [0.717, 1.165) is 11.3 Å². The number of rotatable bonds is 1. The fourth-order valence-corrected chi connectivity index (χ4v) is 1.11. The summed E-state index contributed by atoms with van der Waals surface area (Å²) in [6, 6.07) is 7.40. The molecule has 0 fully saturated rings. The Morgan fingerprint density at radius 2 is 2.23 bits per heavy atom. The molecule has 0 amide bonds. The first kappa shape index (κ1) is 7.85. The molecule has 2 radical (unpaired) electrons. The second kappa shape index (κ2) is 2.93. The van der Waals surface area contributed by atoms with Crippen LogP contribution in [0.15, 0.2) is 30.5 Å². The molecule has 0 aliphatic rings. The van der Waals surface area contributed by atoms with E-state index in [1.165, 1.54) is 4.59 Å². The van der Waals surface area contributed by atoms with Gasteiger partial charge in [-0.05, 0) is 12.1 Å². The van der Waals surface area contributed by atoms with Gasteiger partial charge >= 0.3 is 0 Å². The minimum absolute atomic E-state index is 0.698. The number of anilines is 1. The summed E-state index contributed by atoms with van der Waals surface area (Å²) in [5.74, 6) is 0. The fraction of sp³-hybridized carbons (Fsp3) is 0. The van der Waals surface area contributed by atoms with Gasteiger partial charge in [0, 0.05) is 17.4 Å². The minimum Gasteiger partial charge on any atom is -0.399 e. The SMILES string of the molecule is [B]n1cc(-c2cccc(N)c2)nn1. The van der Waals surface area contributed by atoms with Crippen molar-refractivity contribution >= 4 is 13.7 Å². The van der Waals surface area contributed by atoms with Gasteiger partial charge in [0.15, 0.2) is 0 Å². The van der Waals surface area contributed by atoms with Crippen LogP contribution < -0.4 is 5.73 Å². The van der Waals surface area contributed by atoms with Gasteiger partial charge in [-0.1, -0.05) is 17.3 Å². The highest BCUT2D eigenvalue weighted by Gasteiger charge is 2.00. The second-order valence-corrected chi connectivity index (χ2v) is 2.71. The lowest BCUT2D eigenvalue weighted by Gasteiger charge is -1.96. The largest absolute Gasteiger partial charge is 0.399 e. The molecule has 2 N–H and O–H groups in total. The fourth-order valence-electron chi connectivity index (χ4n) is 1.11. The summed E-state index contributed by atoms with van der Waals surface area (Å²) in [5, 5.41) is 7.49. The number of hydrogen-bond acceptors (Lipinski definition) is 3. The molecule has 2 aromatic rings. The van der Waals surface area contributed by atoms with E-state index in [0.29, 0.717) is 5.69 Å². The lowest BCUT2D eigenvalue weighted by Crippen LogP contribution is -1.89. The third kappa shape index (κ3) is 1.54. The predicted octanol–water partition coefficient (Wildman–Crippen LogP) is 0.459. The molecule has 0 saturated heterocycles. The van der Waals surface area contributed by atoms with Crippen molar-refractivity contribution in [2.75, 3.05) is 5.73 Å². The lowest BCUT2D eigenvalue weighted by molar-refractivity contribution is 0.879. The maximum absolute atomic E-state index is 5.62. The summed E-state index contributed by atoms with van der Waals surface area (Å²) in [6.07, 6.45) is 1.63. The normalized spacial score (nSPS) is 10.2. The minimum atomic E-state index is 0.698. The van der Waals surface area contributed by atoms with Crippen molar-refractivity contribution in [2.45, 2.75) is 0 Å². The summed E-state index contributed by atoms with van der Waals surface area (Å²) in [6.45, 7) is 0. The van der Waals surface area contributed by atoms with Crippen LogP contribution in [-0.4, -0.2) is 22.9 Å². The Bertz CT molecular complexity index is 424. The van der Waals surface area contributed by atoms with Crippen LogP contribution in [0.5, 0.6) is 0 Å². The smallest absolute Gasteiger partial charge is 0.266 e. The molecule has 1 heterocycles. The van der Waals surface area contributed by atoms with Crippen molar-refractivity contribution in [3.05, 3.63) is 30.5 Å². The van der Waals surface area contributed by atoms with Crippen LogP contribution in [-0.2, 0) is 0 Å². The Morgan fingerprint density at radius 1 is 1.38 bits per heavy atom. The van der Waals surface area contributed by atoms with E-state index in [1.807, 2.05) is 24.3 Å². The van der Waals surface area contributed by atoms with E-state index in [9.17, 15) is 0 Å². The number of nitrogen functional groups attached to an aromatic ring is 1. The molecule has 62 valence electrons. The zero-order chi connectivity index (χ0) is 9.26. The molecular formula is C8H7BN4. The maximum atomic E-state index is 5.62. The molecule has 5 heteroatoms. The van der Waals surface area contributed by atoms with Gasteiger partial charge in [-0.3, -0.25) is 0 Å². The summed E-state index contributed by atoms with van der Waals surface area (Å²) in [7, 11) is 5.37. The van der Waals surface area contributed by atoms with Crippen LogP contribution in [0.2, 0.25) is 0 Å². The van der Waals surface area contributed by atoms with Crippen LogP contribution in [0.1, 0.15) is 0 Å². The second-order valence-electron chi connectivity index (χ2n) is 2.71. The summed E-state index contributed by atoms with van der Waals surface area (Å²) < 4.78 is 1.17. The van der Waals surface area contributed by atoms with Gasteiger partial charge < -0.3 is 10.3 Å². The van der Waals surface area contributed by atoms with Crippen molar-refractivity contribution in [2.24, 2.45) is 0 Å². The maximum Gasteiger partial charge on any atom is 0.266 e. The van der Waals surface area contributed by atoms with Gasteiger partial charge in [-0.15, -0.1) is 5.10 Å².